The minimum Gasteiger partial charge on any atom is -0.529 e. The summed E-state index contributed by atoms with van der Waals surface area (Å²) in [6.45, 7) is 1.80. The highest BCUT2D eigenvalue weighted by molar-refractivity contribution is 6.30. The molecule has 0 aliphatic heterocycles. The first-order chi connectivity index (χ1) is 11.7. The molecule has 0 spiro atoms. The lowest BCUT2D eigenvalue weighted by Crippen LogP contribution is -2.29. The molecule has 1 aromatic carbocycles. The summed E-state index contributed by atoms with van der Waals surface area (Å²) in [5.74, 6) is 0. The zero-order valence-corrected chi connectivity index (χ0v) is 13.6. The third kappa shape index (κ3) is 3.07. The van der Waals surface area contributed by atoms with Crippen LogP contribution in [0.1, 0.15) is 18.1 Å². The van der Waals surface area contributed by atoms with Crippen LogP contribution >= 0.6 is 11.6 Å². The molecule has 0 fully saturated rings. The number of aryl methyl sites for hydroxylation is 1. The number of pyridine rings is 1. The molecule has 0 aliphatic carbocycles. The van der Waals surface area contributed by atoms with Crippen LogP contribution in [-0.4, -0.2) is 15.6 Å². The quantitative estimate of drug-likeness (QED) is 0.640. The predicted octanol–water partition coefficient (Wildman–Crippen LogP) is 4.13. The third-order valence-electron chi connectivity index (χ3n) is 3.91. The van der Waals surface area contributed by atoms with Crippen LogP contribution in [-0.2, 0) is 12.6 Å². The molecule has 2 heterocycles. The van der Waals surface area contributed by atoms with Gasteiger partial charge in [-0.3, -0.25) is 4.57 Å². The Morgan fingerprint density at radius 3 is 2.60 bits per heavy atom. The Labute approximate surface area is 145 Å². The summed E-state index contributed by atoms with van der Waals surface area (Å²) >= 11 is 5.78. The zero-order chi connectivity index (χ0) is 18.4. The summed E-state index contributed by atoms with van der Waals surface area (Å²) < 4.78 is 40.9. The van der Waals surface area contributed by atoms with Gasteiger partial charge in [0.05, 0.1) is 16.8 Å². The van der Waals surface area contributed by atoms with Crippen LogP contribution in [0.15, 0.2) is 36.5 Å². The fourth-order valence-corrected chi connectivity index (χ4v) is 2.89. The summed E-state index contributed by atoms with van der Waals surface area (Å²) in [4.78, 5) is 15.4. The molecule has 0 radical (unpaired) electrons. The maximum Gasteiger partial charge on any atom is 0.417 e. The van der Waals surface area contributed by atoms with Gasteiger partial charge in [0.25, 0.3) is 0 Å². The van der Waals surface area contributed by atoms with Gasteiger partial charge in [0.1, 0.15) is 11.2 Å². The van der Waals surface area contributed by atoms with Crippen LogP contribution in [0.3, 0.4) is 0 Å². The van der Waals surface area contributed by atoms with E-state index in [0.29, 0.717) is 21.9 Å². The molecule has 4 nitrogen and oxygen atoms in total. The second-order valence-electron chi connectivity index (χ2n) is 5.43. The van der Waals surface area contributed by atoms with E-state index in [2.05, 4.69) is 4.98 Å². The predicted molar refractivity (Wildman–Crippen MR) is 85.4 cm³/mol. The molecule has 8 heteroatoms. The topological polar surface area (TPSA) is 58.0 Å². The van der Waals surface area contributed by atoms with Crippen molar-refractivity contribution in [3.63, 3.8) is 0 Å². The van der Waals surface area contributed by atoms with Crippen molar-refractivity contribution in [2.24, 2.45) is 0 Å². The number of carbonyl (C=O) groups excluding carboxylic acids is 1. The molecule has 0 aliphatic rings. The van der Waals surface area contributed by atoms with E-state index in [0.717, 1.165) is 6.07 Å². The van der Waals surface area contributed by atoms with Crippen molar-refractivity contribution in [2.75, 3.05) is 0 Å². The maximum atomic E-state index is 13.4. The van der Waals surface area contributed by atoms with E-state index >= 15 is 0 Å². The van der Waals surface area contributed by atoms with E-state index in [-0.39, 0.29) is 21.9 Å². The summed E-state index contributed by atoms with van der Waals surface area (Å²) in [5.41, 5.74) is -0.529. The van der Waals surface area contributed by atoms with Gasteiger partial charge in [0.2, 0.25) is 0 Å². The molecule has 25 heavy (non-hydrogen) atoms. The number of halogens is 4. The molecule has 0 N–H and O–H groups in total. The second kappa shape index (κ2) is 6.07. The second-order valence-corrected chi connectivity index (χ2v) is 5.82. The number of fused-ring (bicyclic) bond motifs is 1. The molecule has 130 valence electrons. The highest BCUT2D eigenvalue weighted by Crippen LogP contribution is 2.39. The standard InChI is InChI=1S/C17H12ClF3N2O2/c1-2-9-3-4-12(17(19,20)21)11(5-9)14-6-10-8-22-15(18)7-13(10)23(14)16(24)25/h3-8H,2H2,1H3,(H,24,25)/p-1. The summed E-state index contributed by atoms with van der Waals surface area (Å²) in [7, 11) is 0. The number of hydrogen-bond acceptors (Lipinski definition) is 3. The van der Waals surface area contributed by atoms with Gasteiger partial charge in [-0.05, 0) is 30.2 Å². The van der Waals surface area contributed by atoms with Crippen LogP contribution < -0.4 is 5.11 Å². The van der Waals surface area contributed by atoms with Gasteiger partial charge in [0.15, 0.2) is 0 Å². The van der Waals surface area contributed by atoms with Crippen molar-refractivity contribution in [1.82, 2.24) is 9.55 Å². The molecule has 0 bridgehead atoms. The van der Waals surface area contributed by atoms with E-state index in [1.807, 2.05) is 0 Å². The van der Waals surface area contributed by atoms with Gasteiger partial charge in [-0.15, -0.1) is 0 Å². The molecular formula is C17H11ClF3N2O2-. The van der Waals surface area contributed by atoms with Crippen molar-refractivity contribution in [3.8, 4) is 11.3 Å². The van der Waals surface area contributed by atoms with Crippen LogP contribution in [0.5, 0.6) is 0 Å². The van der Waals surface area contributed by atoms with Crippen molar-refractivity contribution < 1.29 is 23.1 Å². The summed E-state index contributed by atoms with van der Waals surface area (Å²) in [5, 5.41) is 12.0. The number of alkyl halides is 3. The first-order valence-electron chi connectivity index (χ1n) is 7.31. The molecular weight excluding hydrogens is 357 g/mol. The largest absolute Gasteiger partial charge is 0.529 e. The highest BCUT2D eigenvalue weighted by Gasteiger charge is 2.34. The lowest BCUT2D eigenvalue weighted by atomic mass is 9.99. The van der Waals surface area contributed by atoms with Crippen LogP contribution in [0.25, 0.3) is 22.2 Å². The van der Waals surface area contributed by atoms with Crippen molar-refractivity contribution in [2.45, 2.75) is 19.5 Å². The molecule has 2 aromatic heterocycles. The van der Waals surface area contributed by atoms with Crippen molar-refractivity contribution in [1.29, 1.82) is 0 Å². The molecule has 0 unspecified atom stereocenters. The van der Waals surface area contributed by atoms with E-state index in [9.17, 15) is 23.1 Å². The number of nitrogens with zero attached hydrogens (tertiary/aromatic N) is 2. The maximum absolute atomic E-state index is 13.4. The van der Waals surface area contributed by atoms with Crippen molar-refractivity contribution >= 4 is 28.6 Å². The number of aromatic nitrogens is 2. The summed E-state index contributed by atoms with van der Waals surface area (Å²) in [6, 6.07) is 6.27. The number of carboxylic acid groups (broad SMARTS) is 1. The molecule has 3 aromatic rings. The smallest absolute Gasteiger partial charge is 0.417 e. The highest BCUT2D eigenvalue weighted by atomic mass is 35.5. The molecule has 0 saturated carbocycles. The Balaban J connectivity index is 2.40. The average Bonchev–Trinajstić information content (AvgIpc) is 2.91. The minimum atomic E-state index is -4.63. The summed E-state index contributed by atoms with van der Waals surface area (Å²) in [6.07, 6.45) is -4.48. The minimum absolute atomic E-state index is 0.0259. The Kier molecular flexibility index (Phi) is 4.20. The van der Waals surface area contributed by atoms with Crippen LogP contribution in [0, 0.1) is 0 Å². The lowest BCUT2D eigenvalue weighted by molar-refractivity contribution is -0.249. The zero-order valence-electron chi connectivity index (χ0n) is 12.9. The van der Waals surface area contributed by atoms with Gasteiger partial charge in [-0.1, -0.05) is 24.6 Å². The third-order valence-corrected chi connectivity index (χ3v) is 4.12. The average molecular weight is 368 g/mol. The monoisotopic (exact) mass is 367 g/mol. The number of rotatable bonds is 2. The fraction of sp³-hybridized carbons (Fsp3) is 0.176. The Morgan fingerprint density at radius 2 is 2.00 bits per heavy atom. The number of carbonyl (C=O) groups is 1. The molecule has 3 rings (SSSR count). The van der Waals surface area contributed by atoms with Gasteiger partial charge in [0, 0.05) is 23.2 Å². The molecule has 0 atom stereocenters. The van der Waals surface area contributed by atoms with E-state index in [1.54, 1.807) is 6.92 Å². The molecule has 0 amide bonds. The van der Waals surface area contributed by atoms with E-state index in [4.69, 9.17) is 11.6 Å². The normalized spacial score (nSPS) is 11.9. The Morgan fingerprint density at radius 1 is 1.28 bits per heavy atom. The first kappa shape index (κ1) is 17.3. The van der Waals surface area contributed by atoms with Crippen LogP contribution in [0.2, 0.25) is 5.15 Å². The van der Waals surface area contributed by atoms with Gasteiger partial charge >= 0.3 is 6.18 Å². The number of hydrogen-bond donors (Lipinski definition) is 0. The van der Waals surface area contributed by atoms with Gasteiger partial charge in [-0.25, -0.2) is 4.98 Å². The lowest BCUT2D eigenvalue weighted by Gasteiger charge is -2.17. The van der Waals surface area contributed by atoms with E-state index < -0.39 is 17.8 Å². The Hall–Kier alpha value is -2.54. The van der Waals surface area contributed by atoms with Crippen LogP contribution in [0.4, 0.5) is 18.0 Å². The SMILES string of the molecule is CCc1ccc(C(F)(F)F)c(-c2cc3cnc(Cl)cc3n2C(=O)[O-])c1. The molecule has 0 saturated heterocycles. The van der Waals surface area contributed by atoms with Gasteiger partial charge in [-0.2, -0.15) is 13.2 Å². The van der Waals surface area contributed by atoms with Crippen molar-refractivity contribution in [3.05, 3.63) is 52.8 Å². The fourth-order valence-electron chi connectivity index (χ4n) is 2.74. The Bertz CT molecular complexity index is 980. The van der Waals surface area contributed by atoms with Gasteiger partial charge < -0.3 is 9.90 Å². The van der Waals surface area contributed by atoms with E-state index in [1.165, 1.54) is 30.5 Å². The first-order valence-corrected chi connectivity index (χ1v) is 7.69. The number of benzene rings is 1.